The number of carbonyl (C=O) groups is 1. The molecule has 0 spiro atoms. The van der Waals surface area contributed by atoms with E-state index in [1.807, 2.05) is 26.0 Å². The van der Waals surface area contributed by atoms with Crippen LogP contribution in [0, 0.1) is 13.8 Å². The third-order valence-electron chi connectivity index (χ3n) is 5.56. The van der Waals surface area contributed by atoms with E-state index in [0.29, 0.717) is 16.8 Å². The minimum absolute atomic E-state index is 0.0178. The van der Waals surface area contributed by atoms with Crippen LogP contribution in [-0.2, 0) is 27.8 Å². The summed E-state index contributed by atoms with van der Waals surface area (Å²) < 4.78 is 38.3. The second-order valence-electron chi connectivity index (χ2n) is 8.04. The van der Waals surface area contributed by atoms with E-state index >= 15 is 0 Å². The quantitative estimate of drug-likeness (QED) is 0.402. The van der Waals surface area contributed by atoms with Crippen LogP contribution < -0.4 is 5.56 Å². The maximum absolute atomic E-state index is 13.6. The Bertz CT molecular complexity index is 1500. The van der Waals surface area contributed by atoms with E-state index < -0.39 is 16.0 Å². The lowest BCUT2D eigenvalue weighted by atomic mass is 10.0. The first-order valence-corrected chi connectivity index (χ1v) is 12.0. The van der Waals surface area contributed by atoms with Gasteiger partial charge in [-0.2, -0.15) is 4.31 Å². The number of aromatic amines is 1. The zero-order valence-corrected chi connectivity index (χ0v) is 19.8. The van der Waals surface area contributed by atoms with E-state index in [4.69, 9.17) is 4.42 Å². The van der Waals surface area contributed by atoms with E-state index in [9.17, 15) is 18.0 Å². The third-order valence-corrected chi connectivity index (χ3v) is 7.37. The molecule has 0 saturated heterocycles. The fourth-order valence-corrected chi connectivity index (χ4v) is 5.24. The topological polar surface area (TPSA) is 110 Å². The Morgan fingerprint density at radius 1 is 1.06 bits per heavy atom. The number of hydrogen-bond acceptors (Lipinski definition) is 6. The maximum atomic E-state index is 13.6. The zero-order valence-electron chi connectivity index (χ0n) is 19.0. The van der Waals surface area contributed by atoms with Gasteiger partial charge in [-0.15, -0.1) is 0 Å². The highest BCUT2D eigenvalue weighted by atomic mass is 32.2. The van der Waals surface area contributed by atoms with Crippen molar-refractivity contribution in [3.05, 3.63) is 99.2 Å². The average Bonchev–Trinajstić information content (AvgIpc) is 3.32. The van der Waals surface area contributed by atoms with E-state index in [1.54, 1.807) is 18.2 Å². The Labute approximate surface area is 196 Å². The number of esters is 1. The van der Waals surface area contributed by atoms with Crippen molar-refractivity contribution in [2.45, 2.75) is 31.8 Å². The number of fused-ring (bicyclic) bond motifs is 1. The predicted octanol–water partition coefficient (Wildman–Crippen LogP) is 3.92. The molecule has 8 nitrogen and oxygen atoms in total. The van der Waals surface area contributed by atoms with Crippen LogP contribution in [0.4, 0.5) is 0 Å². The number of pyridine rings is 1. The molecule has 0 fully saturated rings. The largest absolute Gasteiger partial charge is 0.468 e. The number of aromatic nitrogens is 1. The normalized spacial score (nSPS) is 11.8. The number of H-pyrrole nitrogens is 1. The summed E-state index contributed by atoms with van der Waals surface area (Å²) in [4.78, 5) is 27.4. The Hall–Kier alpha value is -3.69. The lowest BCUT2D eigenvalue weighted by Crippen LogP contribution is -2.32. The van der Waals surface area contributed by atoms with Crippen molar-refractivity contribution in [2.24, 2.45) is 0 Å². The summed E-state index contributed by atoms with van der Waals surface area (Å²) in [6.07, 6.45) is 1.46. The fraction of sp³-hybridized carbons (Fsp3) is 0.200. The number of benzene rings is 2. The Kier molecular flexibility index (Phi) is 6.41. The smallest absolute Gasteiger partial charge is 0.337 e. The number of aryl methyl sites for hydroxylation is 2. The minimum Gasteiger partial charge on any atom is -0.468 e. The van der Waals surface area contributed by atoms with Gasteiger partial charge in [0.2, 0.25) is 10.0 Å². The van der Waals surface area contributed by atoms with Crippen LogP contribution in [0.3, 0.4) is 0 Å². The second-order valence-corrected chi connectivity index (χ2v) is 9.97. The summed E-state index contributed by atoms with van der Waals surface area (Å²) in [5.41, 5.74) is 2.87. The van der Waals surface area contributed by atoms with E-state index in [2.05, 4.69) is 9.72 Å². The molecule has 0 saturated carbocycles. The van der Waals surface area contributed by atoms with Crippen molar-refractivity contribution in [1.29, 1.82) is 0 Å². The molecular formula is C25H24N2O6S. The minimum atomic E-state index is -4.04. The van der Waals surface area contributed by atoms with Gasteiger partial charge >= 0.3 is 5.97 Å². The molecule has 0 amide bonds. The Balaban J connectivity index is 1.75. The SMILES string of the molecule is COC(=O)c1ccc(S(=O)(=O)N(Cc2ccco2)Cc2cc3c(C)cc(C)cc3[nH]c2=O)cc1. The van der Waals surface area contributed by atoms with Gasteiger partial charge in [0.25, 0.3) is 5.56 Å². The number of nitrogens with one attached hydrogen (secondary N) is 1. The molecule has 0 unspecified atom stereocenters. The van der Waals surface area contributed by atoms with Crippen LogP contribution in [-0.4, -0.2) is 30.8 Å². The van der Waals surface area contributed by atoms with E-state index in [0.717, 1.165) is 16.5 Å². The van der Waals surface area contributed by atoms with Gasteiger partial charge in [-0.05, 0) is 73.5 Å². The van der Waals surface area contributed by atoms with Gasteiger partial charge in [0.05, 0.1) is 30.4 Å². The molecule has 0 bridgehead atoms. The molecule has 9 heteroatoms. The molecule has 0 atom stereocenters. The van der Waals surface area contributed by atoms with Crippen LogP contribution in [0.1, 0.15) is 32.8 Å². The molecule has 1 N–H and O–H groups in total. The molecule has 2 heterocycles. The van der Waals surface area contributed by atoms with Gasteiger partial charge in [-0.3, -0.25) is 4.79 Å². The van der Waals surface area contributed by atoms with Crippen LogP contribution in [0.2, 0.25) is 0 Å². The van der Waals surface area contributed by atoms with Crippen LogP contribution >= 0.6 is 0 Å². The molecule has 0 aliphatic carbocycles. The highest BCUT2D eigenvalue weighted by Crippen LogP contribution is 2.24. The first-order valence-electron chi connectivity index (χ1n) is 10.5. The van der Waals surface area contributed by atoms with Gasteiger partial charge in [0.1, 0.15) is 5.76 Å². The molecule has 0 aliphatic heterocycles. The highest BCUT2D eigenvalue weighted by Gasteiger charge is 2.27. The lowest BCUT2D eigenvalue weighted by molar-refractivity contribution is 0.0600. The van der Waals surface area contributed by atoms with Crippen molar-refractivity contribution < 1.29 is 22.4 Å². The van der Waals surface area contributed by atoms with Gasteiger partial charge in [0, 0.05) is 23.0 Å². The number of nitrogens with zero attached hydrogens (tertiary/aromatic N) is 1. The van der Waals surface area contributed by atoms with Crippen LogP contribution in [0.25, 0.3) is 10.9 Å². The van der Waals surface area contributed by atoms with Crippen molar-refractivity contribution in [1.82, 2.24) is 9.29 Å². The number of carbonyl (C=O) groups excluding carboxylic acids is 1. The standard InChI is InChI=1S/C25H24N2O6S/c1-16-11-17(2)22-13-19(24(28)26-23(22)12-16)14-27(15-20-5-4-10-33-20)34(30,31)21-8-6-18(7-9-21)25(29)32-3/h4-13H,14-15H2,1-3H3,(H,26,28). The molecule has 4 rings (SSSR count). The van der Waals surface area contributed by atoms with Gasteiger partial charge < -0.3 is 14.1 Å². The lowest BCUT2D eigenvalue weighted by Gasteiger charge is -2.21. The summed E-state index contributed by atoms with van der Waals surface area (Å²) in [6.45, 7) is 3.65. The molecule has 2 aromatic heterocycles. The molecule has 4 aromatic rings. The number of sulfonamides is 1. The first kappa shape index (κ1) is 23.5. The molecular weight excluding hydrogens is 456 g/mol. The number of rotatable bonds is 7. The second kappa shape index (κ2) is 9.28. The summed E-state index contributed by atoms with van der Waals surface area (Å²) in [7, 11) is -2.79. The van der Waals surface area contributed by atoms with Crippen molar-refractivity contribution >= 4 is 26.9 Å². The Morgan fingerprint density at radius 3 is 2.44 bits per heavy atom. The molecule has 176 valence electrons. The summed E-state index contributed by atoms with van der Waals surface area (Å²) >= 11 is 0. The number of hydrogen-bond donors (Lipinski definition) is 1. The van der Waals surface area contributed by atoms with Crippen molar-refractivity contribution in [3.8, 4) is 0 Å². The van der Waals surface area contributed by atoms with Gasteiger partial charge in [0.15, 0.2) is 0 Å². The fourth-order valence-electron chi connectivity index (χ4n) is 3.86. The molecule has 0 radical (unpaired) electrons. The first-order chi connectivity index (χ1) is 16.2. The highest BCUT2D eigenvalue weighted by molar-refractivity contribution is 7.89. The van der Waals surface area contributed by atoms with Crippen molar-refractivity contribution in [3.63, 3.8) is 0 Å². The number of methoxy groups -OCH3 is 1. The van der Waals surface area contributed by atoms with Gasteiger partial charge in [-0.25, -0.2) is 13.2 Å². The van der Waals surface area contributed by atoms with E-state index in [-0.39, 0.29) is 29.1 Å². The molecule has 0 aliphatic rings. The summed E-state index contributed by atoms with van der Waals surface area (Å²) in [5, 5.41) is 0.845. The van der Waals surface area contributed by atoms with Crippen molar-refractivity contribution in [2.75, 3.05) is 7.11 Å². The monoisotopic (exact) mass is 480 g/mol. The van der Waals surface area contributed by atoms with E-state index in [1.165, 1.54) is 41.9 Å². The number of furan rings is 1. The van der Waals surface area contributed by atoms with Crippen LogP contribution in [0.15, 0.2) is 75.0 Å². The molecule has 34 heavy (non-hydrogen) atoms. The van der Waals surface area contributed by atoms with Gasteiger partial charge in [-0.1, -0.05) is 6.07 Å². The third kappa shape index (κ3) is 4.66. The predicted molar refractivity (Wildman–Crippen MR) is 127 cm³/mol. The summed E-state index contributed by atoms with van der Waals surface area (Å²) in [6, 6.07) is 14.4. The maximum Gasteiger partial charge on any atom is 0.337 e. The Morgan fingerprint density at radius 2 is 1.79 bits per heavy atom. The molecule has 2 aromatic carbocycles. The average molecular weight is 481 g/mol. The summed E-state index contributed by atoms with van der Waals surface area (Å²) in [5.74, 6) is -0.136. The zero-order chi connectivity index (χ0) is 24.5. The van der Waals surface area contributed by atoms with Crippen LogP contribution in [0.5, 0.6) is 0 Å². The number of ether oxygens (including phenoxy) is 1.